The molecule has 1 aliphatic heterocycles. The lowest BCUT2D eigenvalue weighted by Gasteiger charge is -2.39. The lowest BCUT2D eigenvalue weighted by molar-refractivity contribution is -0.894. The van der Waals surface area contributed by atoms with Crippen LogP contribution in [0.1, 0.15) is 6.42 Å². The molecule has 1 aliphatic rings. The van der Waals surface area contributed by atoms with Crippen LogP contribution in [0.15, 0.2) is 0 Å². The Hall–Kier alpha value is 0.170. The topological polar surface area (TPSA) is 29.3 Å². The first kappa shape index (κ1) is 13.2. The molecule has 0 aliphatic carbocycles. The number of rotatable bonds is 3. The van der Waals surface area contributed by atoms with Crippen LogP contribution in [0.5, 0.6) is 0 Å². The van der Waals surface area contributed by atoms with Gasteiger partial charge in [0.05, 0.1) is 27.2 Å². The maximum atomic E-state index is 5.47. The average Bonchev–Trinajstić information content (AvgIpc) is 2.03. The minimum Gasteiger partial charge on any atom is -1.00 e. The van der Waals surface area contributed by atoms with Crippen molar-refractivity contribution in [2.75, 3.05) is 53.4 Å². The number of hydrogen-bond acceptors (Lipinski definition) is 2. The fraction of sp³-hybridized carbons (Fsp3) is 1.00. The van der Waals surface area contributed by atoms with Crippen molar-refractivity contribution in [3.05, 3.63) is 0 Å². The Morgan fingerprint density at radius 2 is 1.77 bits per heavy atom. The number of halogens is 1. The number of hydrogen-bond donors (Lipinski definition) is 1. The summed E-state index contributed by atoms with van der Waals surface area (Å²) in [5, 5.41) is 0. The van der Waals surface area contributed by atoms with Gasteiger partial charge in [0.2, 0.25) is 0 Å². The second-order valence-electron chi connectivity index (χ2n) is 4.37. The van der Waals surface area contributed by atoms with Crippen molar-refractivity contribution < 1.29 is 16.9 Å². The molecule has 1 saturated heterocycles. The zero-order valence-electron chi connectivity index (χ0n) is 8.80. The molecule has 1 heterocycles. The highest BCUT2D eigenvalue weighted by atomic mass is 35.5. The zero-order chi connectivity index (χ0) is 9.03. The molecule has 0 aromatic heterocycles. The van der Waals surface area contributed by atoms with E-state index in [2.05, 4.69) is 19.0 Å². The summed E-state index contributed by atoms with van der Waals surface area (Å²) in [6.45, 7) is 7.07. The van der Waals surface area contributed by atoms with Gasteiger partial charge in [0, 0.05) is 13.1 Å². The van der Waals surface area contributed by atoms with Crippen LogP contribution in [0, 0.1) is 0 Å². The van der Waals surface area contributed by atoms with Gasteiger partial charge in [-0.05, 0) is 19.5 Å². The summed E-state index contributed by atoms with van der Waals surface area (Å²) in [6, 6.07) is 0. The third-order valence-corrected chi connectivity index (χ3v) is 2.72. The maximum Gasteiger partial charge on any atom is 0.0912 e. The van der Waals surface area contributed by atoms with Gasteiger partial charge in [-0.25, -0.2) is 0 Å². The molecule has 0 amide bonds. The van der Waals surface area contributed by atoms with E-state index in [1.54, 1.807) is 0 Å². The van der Waals surface area contributed by atoms with Crippen molar-refractivity contribution in [2.45, 2.75) is 6.42 Å². The average molecular weight is 208 g/mol. The van der Waals surface area contributed by atoms with Gasteiger partial charge in [-0.15, -0.1) is 0 Å². The summed E-state index contributed by atoms with van der Waals surface area (Å²) in [4.78, 5) is 2.52. The summed E-state index contributed by atoms with van der Waals surface area (Å²) < 4.78 is 1.18. The standard InChI is InChI=1S/C9H22N3.ClH/c1-12(2)8-6-11(7-9-12)5-3-4-10;/h3-10H2,1-2H3;1H/q+1;/p-1. The summed E-state index contributed by atoms with van der Waals surface area (Å²) in [5.41, 5.74) is 5.47. The number of piperazine rings is 1. The number of likely N-dealkylation sites (N-methyl/N-ethyl adjacent to an activating group) is 1. The summed E-state index contributed by atoms with van der Waals surface area (Å²) in [5.74, 6) is 0. The van der Waals surface area contributed by atoms with Crippen molar-refractivity contribution in [2.24, 2.45) is 5.73 Å². The lowest BCUT2D eigenvalue weighted by Crippen LogP contribution is -3.00. The first-order valence-corrected chi connectivity index (χ1v) is 4.88. The monoisotopic (exact) mass is 207 g/mol. The lowest BCUT2D eigenvalue weighted by atomic mass is 10.2. The van der Waals surface area contributed by atoms with Crippen LogP contribution < -0.4 is 18.1 Å². The van der Waals surface area contributed by atoms with E-state index < -0.39 is 0 Å². The first-order chi connectivity index (χ1) is 5.64. The van der Waals surface area contributed by atoms with Crippen LogP contribution in [0.3, 0.4) is 0 Å². The molecular weight excluding hydrogens is 186 g/mol. The summed E-state index contributed by atoms with van der Waals surface area (Å²) in [6.07, 6.45) is 1.15. The van der Waals surface area contributed by atoms with Gasteiger partial charge in [-0.3, -0.25) is 4.90 Å². The fourth-order valence-corrected chi connectivity index (χ4v) is 1.59. The Morgan fingerprint density at radius 1 is 1.23 bits per heavy atom. The Kier molecular flexibility index (Phi) is 5.88. The van der Waals surface area contributed by atoms with Crippen LogP contribution in [0.2, 0.25) is 0 Å². The predicted molar refractivity (Wildman–Crippen MR) is 52.0 cm³/mol. The molecule has 0 saturated carbocycles. The van der Waals surface area contributed by atoms with E-state index in [-0.39, 0.29) is 12.4 Å². The molecule has 0 unspecified atom stereocenters. The molecule has 0 spiro atoms. The smallest absolute Gasteiger partial charge is 0.0912 e. The van der Waals surface area contributed by atoms with Crippen LogP contribution >= 0.6 is 0 Å². The minimum atomic E-state index is 0. The molecule has 3 nitrogen and oxygen atoms in total. The fourth-order valence-electron chi connectivity index (χ4n) is 1.59. The van der Waals surface area contributed by atoms with Crippen molar-refractivity contribution >= 4 is 0 Å². The van der Waals surface area contributed by atoms with Crippen molar-refractivity contribution in [3.63, 3.8) is 0 Å². The predicted octanol–water partition coefficient (Wildman–Crippen LogP) is -3.27. The Bertz CT molecular complexity index is 129. The van der Waals surface area contributed by atoms with E-state index in [0.29, 0.717) is 0 Å². The highest BCUT2D eigenvalue weighted by Gasteiger charge is 2.23. The van der Waals surface area contributed by atoms with Crippen LogP contribution in [-0.2, 0) is 0 Å². The Labute approximate surface area is 87.9 Å². The molecule has 1 rings (SSSR count). The van der Waals surface area contributed by atoms with Gasteiger partial charge in [-0.2, -0.15) is 0 Å². The molecule has 80 valence electrons. The first-order valence-electron chi connectivity index (χ1n) is 4.88. The minimum absolute atomic E-state index is 0. The number of nitrogens with zero attached hydrogens (tertiary/aromatic N) is 2. The zero-order valence-corrected chi connectivity index (χ0v) is 9.56. The van der Waals surface area contributed by atoms with Gasteiger partial charge in [0.25, 0.3) is 0 Å². The van der Waals surface area contributed by atoms with E-state index in [1.807, 2.05) is 0 Å². The molecular formula is C9H22ClN3. The van der Waals surface area contributed by atoms with Crippen LogP contribution in [0.4, 0.5) is 0 Å². The van der Waals surface area contributed by atoms with Crippen LogP contribution in [0.25, 0.3) is 0 Å². The van der Waals surface area contributed by atoms with Crippen LogP contribution in [-0.4, -0.2) is 62.7 Å². The third kappa shape index (κ3) is 4.81. The van der Waals surface area contributed by atoms with Gasteiger partial charge in [0.15, 0.2) is 0 Å². The Balaban J connectivity index is 0.00000144. The third-order valence-electron chi connectivity index (χ3n) is 2.72. The van der Waals surface area contributed by atoms with Gasteiger partial charge in [0.1, 0.15) is 0 Å². The van der Waals surface area contributed by atoms with Crippen molar-refractivity contribution in [3.8, 4) is 0 Å². The summed E-state index contributed by atoms with van der Waals surface area (Å²) in [7, 11) is 4.61. The highest BCUT2D eigenvalue weighted by Crippen LogP contribution is 2.06. The number of nitrogens with two attached hydrogens (primary N) is 1. The van der Waals surface area contributed by atoms with E-state index in [4.69, 9.17) is 5.73 Å². The second kappa shape index (κ2) is 5.81. The van der Waals surface area contributed by atoms with Gasteiger partial charge in [-0.1, -0.05) is 0 Å². The van der Waals surface area contributed by atoms with E-state index in [0.717, 1.165) is 13.0 Å². The Morgan fingerprint density at radius 3 is 2.23 bits per heavy atom. The highest BCUT2D eigenvalue weighted by molar-refractivity contribution is 4.62. The second-order valence-corrected chi connectivity index (χ2v) is 4.37. The van der Waals surface area contributed by atoms with E-state index >= 15 is 0 Å². The van der Waals surface area contributed by atoms with E-state index in [9.17, 15) is 0 Å². The normalized spacial score (nSPS) is 22.4. The largest absolute Gasteiger partial charge is 1.00 e. The summed E-state index contributed by atoms with van der Waals surface area (Å²) >= 11 is 0. The molecule has 0 radical (unpaired) electrons. The molecule has 13 heavy (non-hydrogen) atoms. The molecule has 0 aromatic carbocycles. The maximum absolute atomic E-state index is 5.47. The van der Waals surface area contributed by atoms with Gasteiger partial charge >= 0.3 is 0 Å². The quantitative estimate of drug-likeness (QED) is 0.493. The molecule has 4 heteroatoms. The van der Waals surface area contributed by atoms with Gasteiger partial charge < -0.3 is 22.6 Å². The van der Waals surface area contributed by atoms with Crippen molar-refractivity contribution in [1.29, 1.82) is 0 Å². The van der Waals surface area contributed by atoms with Crippen molar-refractivity contribution in [1.82, 2.24) is 4.90 Å². The molecule has 1 fully saturated rings. The number of quaternary nitrogens is 1. The van der Waals surface area contributed by atoms with E-state index in [1.165, 1.54) is 37.2 Å². The molecule has 0 bridgehead atoms. The molecule has 2 N–H and O–H groups in total. The SMILES string of the molecule is C[N+]1(C)CCN(CCCN)CC1.[Cl-]. The molecule has 0 atom stereocenters. The molecule has 0 aromatic rings.